The number of methoxy groups -OCH3 is 3. The monoisotopic (exact) mass is 332 g/mol. The molecule has 0 bridgehead atoms. The number of benzene rings is 1. The van der Waals surface area contributed by atoms with Gasteiger partial charge in [-0.1, -0.05) is 0 Å². The van der Waals surface area contributed by atoms with Crippen LogP contribution in [0.4, 0.5) is 5.69 Å². The molecule has 0 spiro atoms. The van der Waals surface area contributed by atoms with Gasteiger partial charge < -0.3 is 25.3 Å². The molecule has 0 aromatic heterocycles. The molecule has 22 heavy (non-hydrogen) atoms. The van der Waals surface area contributed by atoms with Gasteiger partial charge >= 0.3 is 5.97 Å². The van der Waals surface area contributed by atoms with Crippen LogP contribution in [0.15, 0.2) is 18.2 Å². The molecular formula is C14H21ClN2O5. The summed E-state index contributed by atoms with van der Waals surface area (Å²) in [7, 11) is 4.24. The maximum absolute atomic E-state index is 11.9. The van der Waals surface area contributed by atoms with Gasteiger partial charge in [-0.05, 0) is 18.2 Å². The Morgan fingerprint density at radius 2 is 1.95 bits per heavy atom. The Kier molecular flexibility index (Phi) is 9.16. The molecule has 1 aromatic rings. The molecule has 0 aliphatic rings. The average Bonchev–Trinajstić information content (AvgIpc) is 2.52. The van der Waals surface area contributed by atoms with Crippen molar-refractivity contribution in [1.29, 1.82) is 0 Å². The van der Waals surface area contributed by atoms with Crippen molar-refractivity contribution < 1.29 is 23.8 Å². The molecule has 124 valence electrons. The first-order valence-electron chi connectivity index (χ1n) is 6.34. The Bertz CT molecular complexity index is 506. The molecule has 8 heteroatoms. The number of hydrogen-bond donors (Lipinski definition) is 2. The van der Waals surface area contributed by atoms with Gasteiger partial charge in [0.1, 0.15) is 5.75 Å². The highest BCUT2D eigenvalue weighted by Gasteiger charge is 2.17. The summed E-state index contributed by atoms with van der Waals surface area (Å²) in [5.74, 6) is -0.376. The number of amides is 1. The van der Waals surface area contributed by atoms with Gasteiger partial charge in [0.25, 0.3) is 0 Å². The number of ether oxygens (including phenoxy) is 3. The molecule has 0 heterocycles. The van der Waals surface area contributed by atoms with Crippen LogP contribution in [0.3, 0.4) is 0 Å². The molecule has 1 amide bonds. The van der Waals surface area contributed by atoms with Crippen molar-refractivity contribution >= 4 is 30.0 Å². The molecule has 3 N–H and O–H groups in total. The summed E-state index contributed by atoms with van der Waals surface area (Å²) in [4.78, 5) is 23.7. The van der Waals surface area contributed by atoms with Crippen LogP contribution in [0.2, 0.25) is 0 Å². The third-order valence-corrected chi connectivity index (χ3v) is 2.92. The summed E-state index contributed by atoms with van der Waals surface area (Å²) in [6.07, 6.45) is -0.274. The molecule has 0 aliphatic carbocycles. The number of carbonyl (C=O) groups is 2. The summed E-state index contributed by atoms with van der Waals surface area (Å²) in [5, 5.41) is 2.65. The lowest BCUT2D eigenvalue weighted by Gasteiger charge is -2.14. The minimum atomic E-state index is -0.564. The minimum Gasteiger partial charge on any atom is -0.497 e. The number of halogens is 1. The number of esters is 1. The van der Waals surface area contributed by atoms with Crippen molar-refractivity contribution in [3.8, 4) is 5.75 Å². The minimum absolute atomic E-state index is 0. The van der Waals surface area contributed by atoms with E-state index in [0.29, 0.717) is 11.4 Å². The fourth-order valence-corrected chi connectivity index (χ4v) is 1.71. The molecular weight excluding hydrogens is 312 g/mol. The molecule has 0 saturated carbocycles. The van der Waals surface area contributed by atoms with Gasteiger partial charge in [0.2, 0.25) is 5.91 Å². The van der Waals surface area contributed by atoms with Crippen LogP contribution in [0, 0.1) is 0 Å². The van der Waals surface area contributed by atoms with Crippen molar-refractivity contribution in [2.45, 2.75) is 12.5 Å². The highest BCUT2D eigenvalue weighted by molar-refractivity contribution is 6.01. The number of anilines is 1. The smallest absolute Gasteiger partial charge is 0.340 e. The Labute approximate surface area is 135 Å². The van der Waals surface area contributed by atoms with Gasteiger partial charge in [-0.2, -0.15) is 0 Å². The van der Waals surface area contributed by atoms with E-state index < -0.39 is 5.97 Å². The molecule has 0 fully saturated rings. The number of nitrogens with one attached hydrogen (secondary N) is 1. The lowest BCUT2D eigenvalue weighted by molar-refractivity contribution is -0.118. The van der Waals surface area contributed by atoms with Gasteiger partial charge in [-0.15, -0.1) is 12.4 Å². The van der Waals surface area contributed by atoms with Crippen molar-refractivity contribution in [2.24, 2.45) is 5.73 Å². The molecule has 0 radical (unpaired) electrons. The van der Waals surface area contributed by atoms with Gasteiger partial charge in [-0.3, -0.25) is 4.79 Å². The molecule has 7 nitrogen and oxygen atoms in total. The van der Waals surface area contributed by atoms with Crippen LogP contribution in [-0.4, -0.2) is 45.9 Å². The first kappa shape index (κ1) is 20.2. The normalized spacial score (nSPS) is 11.1. The summed E-state index contributed by atoms with van der Waals surface area (Å²) < 4.78 is 14.8. The van der Waals surface area contributed by atoms with E-state index in [2.05, 4.69) is 5.32 Å². The van der Waals surface area contributed by atoms with E-state index in [-0.39, 0.29) is 42.9 Å². The highest BCUT2D eigenvalue weighted by Crippen LogP contribution is 2.23. The van der Waals surface area contributed by atoms with Crippen molar-refractivity contribution in [2.75, 3.05) is 33.2 Å². The van der Waals surface area contributed by atoms with E-state index in [9.17, 15) is 9.59 Å². The van der Waals surface area contributed by atoms with E-state index >= 15 is 0 Å². The van der Waals surface area contributed by atoms with E-state index in [4.69, 9.17) is 19.9 Å². The second kappa shape index (κ2) is 9.99. The summed E-state index contributed by atoms with van der Waals surface area (Å²) >= 11 is 0. The Hall–Kier alpha value is -1.83. The first-order valence-corrected chi connectivity index (χ1v) is 6.34. The van der Waals surface area contributed by atoms with Crippen molar-refractivity contribution in [3.05, 3.63) is 23.8 Å². The first-order chi connectivity index (χ1) is 10.0. The topological polar surface area (TPSA) is 99.9 Å². The van der Waals surface area contributed by atoms with E-state index in [0.717, 1.165) is 0 Å². The van der Waals surface area contributed by atoms with E-state index in [1.165, 1.54) is 27.4 Å². The predicted octanol–water partition coefficient (Wildman–Crippen LogP) is 1.21. The van der Waals surface area contributed by atoms with Crippen molar-refractivity contribution in [3.63, 3.8) is 0 Å². The molecule has 0 saturated heterocycles. The summed E-state index contributed by atoms with van der Waals surface area (Å²) in [6.45, 7) is 0.233. The zero-order valence-corrected chi connectivity index (χ0v) is 13.6. The van der Waals surface area contributed by atoms with Crippen LogP contribution in [0.5, 0.6) is 5.75 Å². The molecule has 0 aliphatic heterocycles. The number of carbonyl (C=O) groups excluding carboxylic acids is 2. The second-order valence-electron chi connectivity index (χ2n) is 4.25. The SMILES string of the molecule is COC(=O)c1cc(OC)ccc1NC(=O)CC(CN)OC.Cl. The average molecular weight is 333 g/mol. The van der Waals surface area contributed by atoms with Crippen LogP contribution in [0.1, 0.15) is 16.8 Å². The number of nitrogens with two attached hydrogens (primary N) is 1. The van der Waals surface area contributed by atoms with Crippen LogP contribution >= 0.6 is 12.4 Å². The molecule has 1 unspecified atom stereocenters. The Morgan fingerprint density at radius 1 is 1.27 bits per heavy atom. The lowest BCUT2D eigenvalue weighted by atomic mass is 10.1. The fraction of sp³-hybridized carbons (Fsp3) is 0.429. The Morgan fingerprint density at radius 3 is 2.45 bits per heavy atom. The molecule has 1 rings (SSSR count). The zero-order valence-electron chi connectivity index (χ0n) is 12.8. The third-order valence-electron chi connectivity index (χ3n) is 2.92. The van der Waals surface area contributed by atoms with Gasteiger partial charge in [0, 0.05) is 13.7 Å². The third kappa shape index (κ3) is 5.51. The maximum Gasteiger partial charge on any atom is 0.340 e. The molecule has 1 aromatic carbocycles. The zero-order chi connectivity index (χ0) is 15.8. The summed E-state index contributed by atoms with van der Waals surface area (Å²) in [6, 6.07) is 4.71. The van der Waals surface area contributed by atoms with Crippen LogP contribution in [0.25, 0.3) is 0 Å². The number of rotatable bonds is 7. The summed E-state index contributed by atoms with van der Waals surface area (Å²) in [5.41, 5.74) is 6.03. The Balaban J connectivity index is 0.00000441. The van der Waals surface area contributed by atoms with Gasteiger partial charge in [0.05, 0.1) is 38.0 Å². The highest BCUT2D eigenvalue weighted by atomic mass is 35.5. The van der Waals surface area contributed by atoms with Gasteiger partial charge in [-0.25, -0.2) is 4.79 Å². The van der Waals surface area contributed by atoms with Gasteiger partial charge in [0.15, 0.2) is 0 Å². The lowest BCUT2D eigenvalue weighted by Crippen LogP contribution is -2.28. The van der Waals surface area contributed by atoms with E-state index in [1.807, 2.05) is 0 Å². The maximum atomic E-state index is 11.9. The quantitative estimate of drug-likeness (QED) is 0.728. The standard InChI is InChI=1S/C14H20N2O5.ClH/c1-19-9-4-5-12(11(6-9)14(18)21-3)16-13(17)7-10(8-15)20-2;/h4-6,10H,7-8,15H2,1-3H3,(H,16,17);1H. The van der Waals surface area contributed by atoms with E-state index in [1.54, 1.807) is 12.1 Å². The second-order valence-corrected chi connectivity index (χ2v) is 4.25. The van der Waals surface area contributed by atoms with Crippen LogP contribution in [-0.2, 0) is 14.3 Å². The van der Waals surface area contributed by atoms with Crippen LogP contribution < -0.4 is 15.8 Å². The fourth-order valence-electron chi connectivity index (χ4n) is 1.71. The number of hydrogen-bond acceptors (Lipinski definition) is 6. The predicted molar refractivity (Wildman–Crippen MR) is 84.7 cm³/mol. The van der Waals surface area contributed by atoms with Crippen molar-refractivity contribution in [1.82, 2.24) is 0 Å². The molecule has 1 atom stereocenters. The largest absolute Gasteiger partial charge is 0.497 e.